The van der Waals surface area contributed by atoms with Gasteiger partial charge in [-0.2, -0.15) is 0 Å². The van der Waals surface area contributed by atoms with Crippen LogP contribution in [0.4, 0.5) is 0 Å². The third kappa shape index (κ3) is 5.33. The Morgan fingerprint density at radius 3 is 2.56 bits per heavy atom. The maximum absolute atomic E-state index is 12.2. The average Bonchev–Trinajstić information content (AvgIpc) is 3.19. The van der Waals surface area contributed by atoms with Crippen LogP contribution in [-0.4, -0.2) is 62.9 Å². The van der Waals surface area contributed by atoms with Crippen LogP contribution in [0.3, 0.4) is 0 Å². The Morgan fingerprint density at radius 2 is 1.86 bits per heavy atom. The van der Waals surface area contributed by atoms with E-state index < -0.39 is 36.1 Å². The van der Waals surface area contributed by atoms with E-state index in [2.05, 4.69) is 16.5 Å². The predicted molar refractivity (Wildman–Crippen MR) is 128 cm³/mol. The molecule has 3 fully saturated rings. The van der Waals surface area contributed by atoms with E-state index in [0.29, 0.717) is 30.1 Å². The molecule has 3 saturated carbocycles. The SMILES string of the molecule is CC(=O)C1(O)CCC2C3CCC4=C/C(=N/OCC(=O)NC(CCC(=O)O)C(=O)O)CCC4C3CCC21. The number of amides is 1. The minimum absolute atomic E-state index is 0.0872. The van der Waals surface area contributed by atoms with Crippen molar-refractivity contribution in [2.24, 2.45) is 34.7 Å². The van der Waals surface area contributed by atoms with Gasteiger partial charge in [0.2, 0.25) is 0 Å². The van der Waals surface area contributed by atoms with Crippen molar-refractivity contribution < 1.29 is 39.3 Å². The Hall–Kier alpha value is -2.75. The number of hydrogen-bond donors (Lipinski definition) is 4. The summed E-state index contributed by atoms with van der Waals surface area (Å²) >= 11 is 0. The number of allylic oxidation sites excluding steroid dienone is 2. The van der Waals surface area contributed by atoms with Crippen molar-refractivity contribution >= 4 is 29.3 Å². The number of aliphatic hydroxyl groups is 1. The molecule has 4 aliphatic rings. The Bertz CT molecular complexity index is 975. The normalized spacial score (nSPS) is 35.0. The molecule has 4 rings (SSSR count). The summed E-state index contributed by atoms with van der Waals surface area (Å²) in [6.07, 6.45) is 8.61. The second-order valence-electron chi connectivity index (χ2n) is 10.8. The van der Waals surface area contributed by atoms with Crippen LogP contribution < -0.4 is 5.32 Å². The molecule has 0 heterocycles. The largest absolute Gasteiger partial charge is 0.481 e. The first kappa shape index (κ1) is 26.3. The highest BCUT2D eigenvalue weighted by atomic mass is 16.6. The number of nitrogens with one attached hydrogen (secondary N) is 1. The molecule has 36 heavy (non-hydrogen) atoms. The number of hydrogen-bond acceptors (Lipinski definition) is 7. The van der Waals surface area contributed by atoms with Gasteiger partial charge < -0.3 is 25.5 Å². The molecule has 4 aliphatic carbocycles. The molecule has 0 aromatic carbocycles. The highest BCUT2D eigenvalue weighted by Crippen LogP contribution is 2.59. The number of Topliss-reactive ketones (excluding diaryl/α,β-unsaturated/α-hetero) is 1. The monoisotopic (exact) mass is 504 g/mol. The van der Waals surface area contributed by atoms with Crippen molar-refractivity contribution in [1.82, 2.24) is 5.32 Å². The zero-order valence-electron chi connectivity index (χ0n) is 20.6. The summed E-state index contributed by atoms with van der Waals surface area (Å²) in [7, 11) is 0. The van der Waals surface area contributed by atoms with Crippen molar-refractivity contribution in [2.45, 2.75) is 82.8 Å². The lowest BCUT2D eigenvalue weighted by atomic mass is 9.55. The van der Waals surface area contributed by atoms with E-state index >= 15 is 0 Å². The second-order valence-corrected chi connectivity index (χ2v) is 10.8. The van der Waals surface area contributed by atoms with E-state index in [0.717, 1.165) is 50.7 Å². The quantitative estimate of drug-likeness (QED) is 0.348. The molecule has 0 aromatic rings. The number of fused-ring (bicyclic) bond motifs is 5. The summed E-state index contributed by atoms with van der Waals surface area (Å²) in [6, 6.07) is -1.29. The van der Waals surface area contributed by atoms with Gasteiger partial charge in [0.25, 0.3) is 5.91 Å². The predicted octanol–water partition coefficient (Wildman–Crippen LogP) is 2.30. The van der Waals surface area contributed by atoms with Crippen molar-refractivity contribution in [3.05, 3.63) is 11.6 Å². The van der Waals surface area contributed by atoms with Crippen LogP contribution in [0, 0.1) is 29.6 Å². The average molecular weight is 505 g/mol. The van der Waals surface area contributed by atoms with Gasteiger partial charge in [0.1, 0.15) is 11.6 Å². The third-order valence-corrected chi connectivity index (χ3v) is 8.99. The first-order valence-corrected chi connectivity index (χ1v) is 13.0. The number of ketones is 1. The van der Waals surface area contributed by atoms with Gasteiger partial charge in [-0.1, -0.05) is 10.7 Å². The molecular formula is C26H36N2O8. The Balaban J connectivity index is 1.31. The lowest BCUT2D eigenvalue weighted by molar-refractivity contribution is -0.144. The number of carbonyl (C=O) groups excluding carboxylic acids is 2. The van der Waals surface area contributed by atoms with E-state index in [9.17, 15) is 24.3 Å². The Labute approximate surface area is 210 Å². The van der Waals surface area contributed by atoms with Gasteiger partial charge in [-0.05, 0) is 100 Å². The van der Waals surface area contributed by atoms with Crippen LogP contribution in [0.2, 0.25) is 0 Å². The molecule has 4 N–H and O–H groups in total. The number of aliphatic carboxylic acids is 2. The standard InChI is InChI=1S/C26H36N2O8/c1-14(29)26(35)11-10-20-19-4-2-15-12-16(3-5-17(15)18(19)6-7-21(20)26)28-36-13-23(30)27-22(25(33)34)8-9-24(31)32/h12,17-22,35H,2-11,13H2,1H3,(H,27,30)(H,31,32)(H,33,34)/b28-16+. The lowest BCUT2D eigenvalue weighted by Crippen LogP contribution is -2.48. The molecule has 7 unspecified atom stereocenters. The van der Waals surface area contributed by atoms with Crippen LogP contribution in [0.5, 0.6) is 0 Å². The van der Waals surface area contributed by atoms with Gasteiger partial charge in [0, 0.05) is 6.42 Å². The van der Waals surface area contributed by atoms with Gasteiger partial charge >= 0.3 is 11.9 Å². The molecule has 0 spiro atoms. The van der Waals surface area contributed by atoms with E-state index in [1.807, 2.05) is 0 Å². The van der Waals surface area contributed by atoms with E-state index in [4.69, 9.17) is 15.1 Å². The summed E-state index contributed by atoms with van der Waals surface area (Å²) in [6.45, 7) is 1.08. The van der Waals surface area contributed by atoms with Crippen LogP contribution in [0.15, 0.2) is 16.8 Å². The van der Waals surface area contributed by atoms with Gasteiger partial charge in [-0.15, -0.1) is 0 Å². The summed E-state index contributed by atoms with van der Waals surface area (Å²) in [4.78, 5) is 51.3. The molecule has 7 atom stereocenters. The molecule has 1 amide bonds. The zero-order chi connectivity index (χ0) is 26.0. The minimum Gasteiger partial charge on any atom is -0.481 e. The minimum atomic E-state index is -1.30. The summed E-state index contributed by atoms with van der Waals surface area (Å²) in [5.41, 5.74) is 0.976. The van der Waals surface area contributed by atoms with Crippen LogP contribution in [0.1, 0.15) is 71.1 Å². The first-order chi connectivity index (χ1) is 17.1. The smallest absolute Gasteiger partial charge is 0.326 e. The number of oxime groups is 1. The molecule has 0 bridgehead atoms. The summed E-state index contributed by atoms with van der Waals surface area (Å²) in [5, 5.41) is 35.2. The van der Waals surface area contributed by atoms with E-state index in [1.54, 1.807) is 0 Å². The lowest BCUT2D eigenvalue weighted by Gasteiger charge is -2.50. The van der Waals surface area contributed by atoms with Gasteiger partial charge in [-0.25, -0.2) is 4.79 Å². The highest BCUT2D eigenvalue weighted by molar-refractivity contribution is 5.96. The third-order valence-electron chi connectivity index (χ3n) is 8.99. The topological polar surface area (TPSA) is 163 Å². The molecule has 0 aromatic heterocycles. The van der Waals surface area contributed by atoms with Gasteiger partial charge in [0.15, 0.2) is 12.4 Å². The molecule has 0 saturated heterocycles. The molecular weight excluding hydrogens is 468 g/mol. The van der Waals surface area contributed by atoms with Crippen molar-refractivity contribution in [3.8, 4) is 0 Å². The highest BCUT2D eigenvalue weighted by Gasteiger charge is 2.57. The van der Waals surface area contributed by atoms with Crippen molar-refractivity contribution in [1.29, 1.82) is 0 Å². The fourth-order valence-electron chi connectivity index (χ4n) is 7.33. The molecule has 10 heteroatoms. The fraction of sp³-hybridized carbons (Fsp3) is 0.731. The van der Waals surface area contributed by atoms with Crippen LogP contribution in [0.25, 0.3) is 0 Å². The molecule has 198 valence electrons. The van der Waals surface area contributed by atoms with Crippen LogP contribution >= 0.6 is 0 Å². The number of carbonyl (C=O) groups is 4. The van der Waals surface area contributed by atoms with Crippen LogP contribution in [-0.2, 0) is 24.0 Å². The summed E-state index contributed by atoms with van der Waals surface area (Å²) < 4.78 is 0. The second kappa shape index (κ2) is 10.7. The van der Waals surface area contributed by atoms with Gasteiger partial charge in [-0.3, -0.25) is 14.4 Å². The summed E-state index contributed by atoms with van der Waals surface area (Å²) in [5.74, 6) is -1.10. The Morgan fingerprint density at radius 1 is 1.08 bits per heavy atom. The molecule has 0 radical (unpaired) electrons. The van der Waals surface area contributed by atoms with Gasteiger partial charge in [0.05, 0.1) is 5.71 Å². The van der Waals surface area contributed by atoms with E-state index in [1.165, 1.54) is 12.5 Å². The number of nitrogens with zero attached hydrogens (tertiary/aromatic N) is 1. The first-order valence-electron chi connectivity index (χ1n) is 13.0. The fourth-order valence-corrected chi connectivity index (χ4v) is 7.33. The van der Waals surface area contributed by atoms with Crippen molar-refractivity contribution in [3.63, 3.8) is 0 Å². The zero-order valence-corrected chi connectivity index (χ0v) is 20.6. The number of rotatable bonds is 9. The number of carboxylic acids is 2. The number of carboxylic acid groups (broad SMARTS) is 2. The maximum Gasteiger partial charge on any atom is 0.326 e. The Kier molecular flexibility index (Phi) is 7.82. The molecule has 10 nitrogen and oxygen atoms in total. The van der Waals surface area contributed by atoms with Crippen molar-refractivity contribution in [2.75, 3.05) is 6.61 Å². The maximum atomic E-state index is 12.2. The van der Waals surface area contributed by atoms with E-state index in [-0.39, 0.29) is 24.5 Å². The molecule has 0 aliphatic heterocycles.